The molecule has 1 aromatic carbocycles. The fourth-order valence-electron chi connectivity index (χ4n) is 4.95. The summed E-state index contributed by atoms with van der Waals surface area (Å²) in [6.07, 6.45) is 2.34. The van der Waals surface area contributed by atoms with Gasteiger partial charge >= 0.3 is 0 Å². The molecule has 0 saturated carbocycles. The van der Waals surface area contributed by atoms with E-state index < -0.39 is 0 Å². The Labute approximate surface area is 210 Å². The van der Waals surface area contributed by atoms with Gasteiger partial charge in [0.15, 0.2) is 5.13 Å². The molecule has 2 aliphatic heterocycles. The first kappa shape index (κ1) is 23.5. The molecule has 35 heavy (non-hydrogen) atoms. The summed E-state index contributed by atoms with van der Waals surface area (Å²) < 4.78 is 0. The first-order valence-corrected chi connectivity index (χ1v) is 13.1. The van der Waals surface area contributed by atoms with Gasteiger partial charge in [-0.25, -0.2) is 9.97 Å². The Balaban J connectivity index is 1.08. The molecule has 8 nitrogen and oxygen atoms in total. The summed E-state index contributed by atoms with van der Waals surface area (Å²) in [6.45, 7) is 9.27. The number of nitrogens with zero attached hydrogens (tertiary/aromatic N) is 6. The molecular weight excluding hydrogens is 460 g/mol. The van der Waals surface area contributed by atoms with Gasteiger partial charge in [-0.2, -0.15) is 0 Å². The number of aromatic nitrogens is 2. The smallest absolute Gasteiger partial charge is 0.223 e. The Morgan fingerprint density at radius 1 is 0.971 bits per heavy atom. The number of piperazine rings is 2. The van der Waals surface area contributed by atoms with Crippen LogP contribution in [0.15, 0.2) is 42.6 Å². The van der Waals surface area contributed by atoms with E-state index in [1.807, 2.05) is 21.9 Å². The van der Waals surface area contributed by atoms with Gasteiger partial charge in [-0.1, -0.05) is 23.5 Å². The predicted molar refractivity (Wildman–Crippen MR) is 140 cm³/mol. The molecule has 1 atom stereocenters. The molecule has 4 heterocycles. The molecule has 0 N–H and O–H groups in total. The van der Waals surface area contributed by atoms with Crippen LogP contribution in [-0.4, -0.2) is 83.4 Å². The van der Waals surface area contributed by atoms with Gasteiger partial charge in [-0.3, -0.25) is 9.59 Å². The van der Waals surface area contributed by atoms with Crippen molar-refractivity contribution < 1.29 is 9.59 Å². The predicted octanol–water partition coefficient (Wildman–Crippen LogP) is 3.17. The van der Waals surface area contributed by atoms with Crippen molar-refractivity contribution in [1.82, 2.24) is 19.8 Å². The zero-order valence-electron chi connectivity index (χ0n) is 20.4. The first-order valence-electron chi connectivity index (χ1n) is 12.3. The van der Waals surface area contributed by atoms with Crippen LogP contribution in [0.4, 0.5) is 10.8 Å². The third-order valence-electron chi connectivity index (χ3n) is 6.92. The molecule has 5 rings (SSSR count). The molecule has 184 valence electrons. The number of hydrogen-bond acceptors (Lipinski definition) is 7. The molecular formula is C26H32N6O2S. The van der Waals surface area contributed by atoms with Crippen molar-refractivity contribution >= 4 is 44.3 Å². The van der Waals surface area contributed by atoms with Crippen molar-refractivity contribution in [2.75, 3.05) is 55.6 Å². The minimum Gasteiger partial charge on any atom is -0.365 e. The zero-order valence-corrected chi connectivity index (χ0v) is 21.2. The second kappa shape index (κ2) is 10.2. The summed E-state index contributed by atoms with van der Waals surface area (Å²) in [5.41, 5.74) is 3.37. The lowest BCUT2D eigenvalue weighted by Gasteiger charge is -2.41. The van der Waals surface area contributed by atoms with E-state index in [4.69, 9.17) is 0 Å². The summed E-state index contributed by atoms with van der Waals surface area (Å²) in [5.74, 6) is 0.144. The molecule has 2 fully saturated rings. The molecule has 0 spiro atoms. The number of carbonyl (C=O) groups excluding carboxylic acids is 2. The van der Waals surface area contributed by atoms with Gasteiger partial charge in [0, 0.05) is 76.6 Å². The van der Waals surface area contributed by atoms with E-state index in [1.54, 1.807) is 17.5 Å². The summed E-state index contributed by atoms with van der Waals surface area (Å²) in [4.78, 5) is 44.0. The number of rotatable bonds is 5. The van der Waals surface area contributed by atoms with E-state index in [0.717, 1.165) is 35.1 Å². The van der Waals surface area contributed by atoms with E-state index in [0.29, 0.717) is 26.2 Å². The van der Waals surface area contributed by atoms with Crippen LogP contribution in [0, 0.1) is 6.92 Å². The maximum atomic E-state index is 12.9. The van der Waals surface area contributed by atoms with E-state index in [2.05, 4.69) is 57.9 Å². The molecule has 2 aromatic heterocycles. The average Bonchev–Trinajstić information content (AvgIpc) is 3.31. The van der Waals surface area contributed by atoms with Gasteiger partial charge in [0.25, 0.3) is 0 Å². The number of aryl methyl sites for hydroxylation is 1. The molecule has 0 unspecified atom stereocenters. The van der Waals surface area contributed by atoms with E-state index >= 15 is 0 Å². The molecule has 2 aliphatic rings. The first-order chi connectivity index (χ1) is 17.0. The average molecular weight is 493 g/mol. The highest BCUT2D eigenvalue weighted by Crippen LogP contribution is 2.28. The second-order valence-corrected chi connectivity index (χ2v) is 10.4. The monoisotopic (exact) mass is 492 g/mol. The number of anilines is 2. The number of fused-ring (bicyclic) bond motifs is 1. The van der Waals surface area contributed by atoms with Crippen molar-refractivity contribution in [2.24, 2.45) is 0 Å². The Morgan fingerprint density at radius 3 is 2.43 bits per heavy atom. The SMILES string of the molecule is Cc1cccc(N2CCN(C(=O)CCC(=O)N3CCN(c4nc5cccnc5s4)CC3)C[C@@H]2C)c1. The maximum Gasteiger partial charge on any atom is 0.223 e. The van der Waals surface area contributed by atoms with E-state index in [9.17, 15) is 9.59 Å². The topological polar surface area (TPSA) is 72.9 Å². The van der Waals surface area contributed by atoms with Crippen molar-refractivity contribution in [3.8, 4) is 0 Å². The molecule has 0 aliphatic carbocycles. The Morgan fingerprint density at radius 2 is 1.71 bits per heavy atom. The number of amides is 2. The van der Waals surface area contributed by atoms with Crippen LogP contribution in [0.3, 0.4) is 0 Å². The Bertz CT molecular complexity index is 1170. The van der Waals surface area contributed by atoms with Crippen LogP contribution in [0.5, 0.6) is 0 Å². The van der Waals surface area contributed by atoms with Crippen molar-refractivity contribution in [3.63, 3.8) is 0 Å². The van der Waals surface area contributed by atoms with Gasteiger partial charge in [-0.05, 0) is 43.7 Å². The molecule has 9 heteroatoms. The normalized spacial score (nSPS) is 18.9. The lowest BCUT2D eigenvalue weighted by Crippen LogP contribution is -2.54. The van der Waals surface area contributed by atoms with Crippen LogP contribution < -0.4 is 9.80 Å². The van der Waals surface area contributed by atoms with Crippen LogP contribution in [0.2, 0.25) is 0 Å². The molecule has 2 saturated heterocycles. The standard InChI is InChI=1S/C26H32N6O2S/c1-19-5-3-6-21(17-19)32-16-15-31(18-20(32)2)24(34)9-8-23(33)29-11-13-30(14-12-29)26-28-22-7-4-10-27-25(22)35-26/h3-7,10,17,20H,8-9,11-16,18H2,1-2H3/t20-/m0/s1. The fourth-order valence-corrected chi connectivity index (χ4v) is 5.91. The highest BCUT2D eigenvalue weighted by atomic mass is 32.1. The lowest BCUT2D eigenvalue weighted by molar-refractivity contribution is -0.137. The number of pyridine rings is 1. The quantitative estimate of drug-likeness (QED) is 0.545. The highest BCUT2D eigenvalue weighted by Gasteiger charge is 2.28. The Kier molecular flexibility index (Phi) is 6.86. The summed E-state index contributed by atoms with van der Waals surface area (Å²) >= 11 is 1.59. The van der Waals surface area contributed by atoms with Crippen molar-refractivity contribution in [2.45, 2.75) is 32.7 Å². The molecule has 2 amide bonds. The third kappa shape index (κ3) is 5.24. The minimum absolute atomic E-state index is 0.0652. The Hall–Kier alpha value is -3.20. The number of thiazole rings is 1. The van der Waals surface area contributed by atoms with E-state index in [-0.39, 0.29) is 30.7 Å². The van der Waals surface area contributed by atoms with Crippen LogP contribution in [0.25, 0.3) is 10.3 Å². The van der Waals surface area contributed by atoms with Gasteiger partial charge in [0.05, 0.1) is 0 Å². The summed E-state index contributed by atoms with van der Waals surface area (Å²) in [5, 5.41) is 0.958. The minimum atomic E-state index is 0.0652. The largest absolute Gasteiger partial charge is 0.365 e. The van der Waals surface area contributed by atoms with Gasteiger partial charge in [0.2, 0.25) is 11.8 Å². The number of carbonyl (C=O) groups is 2. The van der Waals surface area contributed by atoms with Crippen LogP contribution in [0.1, 0.15) is 25.3 Å². The third-order valence-corrected chi connectivity index (χ3v) is 7.96. The van der Waals surface area contributed by atoms with Crippen molar-refractivity contribution in [1.29, 1.82) is 0 Å². The lowest BCUT2D eigenvalue weighted by atomic mass is 10.1. The van der Waals surface area contributed by atoms with Crippen molar-refractivity contribution in [3.05, 3.63) is 48.2 Å². The molecule has 3 aromatic rings. The van der Waals surface area contributed by atoms with Gasteiger partial charge in [-0.15, -0.1) is 0 Å². The fraction of sp³-hybridized carbons (Fsp3) is 0.462. The number of hydrogen-bond donors (Lipinski definition) is 0. The van der Waals surface area contributed by atoms with Gasteiger partial charge in [0.1, 0.15) is 10.3 Å². The second-order valence-electron chi connectivity index (χ2n) is 9.41. The molecule has 0 bridgehead atoms. The number of benzene rings is 1. The van der Waals surface area contributed by atoms with E-state index in [1.165, 1.54) is 11.3 Å². The van der Waals surface area contributed by atoms with Gasteiger partial charge < -0.3 is 19.6 Å². The summed E-state index contributed by atoms with van der Waals surface area (Å²) in [6, 6.07) is 12.6. The van der Waals surface area contributed by atoms with Crippen LogP contribution >= 0.6 is 11.3 Å². The zero-order chi connectivity index (χ0) is 24.4. The summed E-state index contributed by atoms with van der Waals surface area (Å²) in [7, 11) is 0. The molecule has 0 radical (unpaired) electrons. The maximum absolute atomic E-state index is 12.9. The highest BCUT2D eigenvalue weighted by molar-refractivity contribution is 7.21. The van der Waals surface area contributed by atoms with Crippen LogP contribution in [-0.2, 0) is 9.59 Å².